The lowest BCUT2D eigenvalue weighted by molar-refractivity contribution is -0.116. The van der Waals surface area contributed by atoms with Crippen LogP contribution in [0, 0.1) is 0 Å². The number of amides is 1. The van der Waals surface area contributed by atoms with Gasteiger partial charge in [0.15, 0.2) is 0 Å². The molecule has 26 heavy (non-hydrogen) atoms. The van der Waals surface area contributed by atoms with Crippen LogP contribution in [0.3, 0.4) is 0 Å². The predicted octanol–water partition coefficient (Wildman–Crippen LogP) is 5.06. The number of alkyl halides is 3. The third-order valence-corrected chi connectivity index (χ3v) is 7.98. The van der Waals surface area contributed by atoms with Gasteiger partial charge < -0.3 is 0 Å². The summed E-state index contributed by atoms with van der Waals surface area (Å²) in [4.78, 5) is 12.7. The molecule has 0 aliphatic rings. The van der Waals surface area contributed by atoms with Crippen molar-refractivity contribution in [3.63, 3.8) is 0 Å². The monoisotopic (exact) mass is 421 g/mol. The Morgan fingerprint density at radius 3 is 1.23 bits per heavy atom. The fraction of sp³-hybridized carbons (Fsp3) is 0.0500. The number of rotatable bonds is 3. The number of hydrogen-bond donors (Lipinski definition) is 0. The first-order valence-electron chi connectivity index (χ1n) is 7.85. The van der Waals surface area contributed by atoms with Crippen molar-refractivity contribution in [2.24, 2.45) is 4.74 Å². The van der Waals surface area contributed by atoms with E-state index in [2.05, 4.69) is 4.74 Å². The molecular weight excluding hydrogens is 408 g/mol. The molecule has 0 atom stereocenters. The van der Waals surface area contributed by atoms with Crippen LogP contribution >= 0.6 is 41.9 Å². The molecule has 0 saturated heterocycles. The molecule has 2 nitrogen and oxygen atoms in total. The summed E-state index contributed by atoms with van der Waals surface area (Å²) in [6, 6.07) is 29.1. The number of carbonyl (C=O) groups excluding carboxylic acids is 1. The first-order chi connectivity index (χ1) is 12.4. The highest BCUT2D eigenvalue weighted by atomic mass is 35.6. The molecule has 0 aliphatic heterocycles. The van der Waals surface area contributed by atoms with Crippen LogP contribution in [0.25, 0.3) is 0 Å². The Morgan fingerprint density at radius 1 is 0.654 bits per heavy atom. The fourth-order valence-corrected chi connectivity index (χ4v) is 6.52. The van der Waals surface area contributed by atoms with Gasteiger partial charge in [0.1, 0.15) is 0 Å². The minimum Gasteiger partial charge on any atom is -0.268 e. The molecule has 0 bridgehead atoms. The largest absolute Gasteiger partial charge is 0.297 e. The second-order valence-electron chi connectivity index (χ2n) is 5.54. The van der Waals surface area contributed by atoms with Gasteiger partial charge in [0.25, 0.3) is 9.70 Å². The summed E-state index contributed by atoms with van der Waals surface area (Å²) in [6.07, 6.45) is 0. The van der Waals surface area contributed by atoms with Gasteiger partial charge >= 0.3 is 0 Å². The highest BCUT2D eigenvalue weighted by Gasteiger charge is 2.35. The van der Waals surface area contributed by atoms with Crippen LogP contribution in [0.2, 0.25) is 0 Å². The highest BCUT2D eigenvalue weighted by Crippen LogP contribution is 2.48. The first-order valence-corrected chi connectivity index (χ1v) is 10.7. The smallest absolute Gasteiger partial charge is 0.268 e. The van der Waals surface area contributed by atoms with Gasteiger partial charge in [0.05, 0.1) is 7.05 Å². The standard InChI is InChI=1S/C20H15Cl3NOP/c21-20(22,23)19(25)24-26(16-10-4-1-5-11-16,17-12-6-2-7-13-17)18-14-8-3-9-15-18/h1-15H. The zero-order valence-corrected chi connectivity index (χ0v) is 16.8. The van der Waals surface area contributed by atoms with Crippen LogP contribution in [0.1, 0.15) is 0 Å². The van der Waals surface area contributed by atoms with E-state index < -0.39 is 16.8 Å². The summed E-state index contributed by atoms with van der Waals surface area (Å²) in [5, 5.41) is 2.75. The van der Waals surface area contributed by atoms with Gasteiger partial charge in [-0.2, -0.15) is 0 Å². The van der Waals surface area contributed by atoms with Gasteiger partial charge in [0.2, 0.25) is 0 Å². The Balaban J connectivity index is 2.44. The van der Waals surface area contributed by atoms with Crippen LogP contribution in [0.15, 0.2) is 95.7 Å². The summed E-state index contributed by atoms with van der Waals surface area (Å²) in [5.74, 6) is -0.771. The Kier molecular flexibility index (Phi) is 5.89. The second kappa shape index (κ2) is 7.98. The van der Waals surface area contributed by atoms with Crippen molar-refractivity contribution in [3.8, 4) is 0 Å². The van der Waals surface area contributed by atoms with Crippen molar-refractivity contribution in [1.82, 2.24) is 0 Å². The molecule has 0 N–H and O–H groups in total. The molecule has 132 valence electrons. The van der Waals surface area contributed by atoms with Crippen molar-refractivity contribution in [2.75, 3.05) is 0 Å². The topological polar surface area (TPSA) is 29.4 Å². The molecule has 0 heterocycles. The maximum absolute atomic E-state index is 12.7. The summed E-state index contributed by atoms with van der Waals surface area (Å²) in [6.45, 7) is 0. The Hall–Kier alpha value is -1.57. The lowest BCUT2D eigenvalue weighted by Gasteiger charge is -2.27. The maximum Gasteiger partial charge on any atom is 0.297 e. The molecule has 6 heteroatoms. The zero-order valence-electron chi connectivity index (χ0n) is 13.6. The van der Waals surface area contributed by atoms with E-state index in [1.165, 1.54) is 0 Å². The van der Waals surface area contributed by atoms with Crippen LogP contribution in [0.4, 0.5) is 0 Å². The van der Waals surface area contributed by atoms with Crippen molar-refractivity contribution in [2.45, 2.75) is 3.79 Å². The lowest BCUT2D eigenvalue weighted by Crippen LogP contribution is -2.28. The zero-order chi connectivity index (χ0) is 18.6. The van der Waals surface area contributed by atoms with Gasteiger partial charge in [-0.05, 0) is 0 Å². The Labute approximate surface area is 167 Å². The van der Waals surface area contributed by atoms with Crippen molar-refractivity contribution < 1.29 is 4.79 Å². The van der Waals surface area contributed by atoms with Crippen molar-refractivity contribution in [3.05, 3.63) is 91.0 Å². The molecule has 0 fully saturated rings. The molecular formula is C20H15Cl3NOP. The van der Waals surface area contributed by atoms with E-state index in [4.69, 9.17) is 34.8 Å². The Morgan fingerprint density at radius 2 is 0.962 bits per heavy atom. The second-order valence-corrected chi connectivity index (χ2v) is 10.8. The highest BCUT2D eigenvalue weighted by molar-refractivity contribution is 7.87. The molecule has 0 aromatic heterocycles. The van der Waals surface area contributed by atoms with E-state index in [0.29, 0.717) is 0 Å². The van der Waals surface area contributed by atoms with Crippen LogP contribution in [0.5, 0.6) is 0 Å². The average Bonchev–Trinajstić information content (AvgIpc) is 2.67. The van der Waals surface area contributed by atoms with Crippen LogP contribution < -0.4 is 15.9 Å². The van der Waals surface area contributed by atoms with E-state index >= 15 is 0 Å². The molecule has 3 aromatic carbocycles. The predicted molar refractivity (Wildman–Crippen MR) is 113 cm³/mol. The van der Waals surface area contributed by atoms with Gasteiger partial charge in [-0.3, -0.25) is 4.79 Å². The van der Waals surface area contributed by atoms with Crippen LogP contribution in [-0.4, -0.2) is 9.70 Å². The van der Waals surface area contributed by atoms with E-state index in [1.54, 1.807) is 0 Å². The van der Waals surface area contributed by atoms with Gasteiger partial charge in [-0.1, -0.05) is 126 Å². The molecule has 0 spiro atoms. The fourth-order valence-electron chi connectivity index (χ4n) is 2.74. The third kappa shape index (κ3) is 3.89. The van der Waals surface area contributed by atoms with Gasteiger partial charge in [0, 0.05) is 15.9 Å². The SMILES string of the molecule is O=C(N=P(c1ccccc1)(c1ccccc1)c1ccccc1)C(Cl)(Cl)Cl. The molecule has 0 radical (unpaired) electrons. The van der Waals surface area contributed by atoms with Crippen molar-refractivity contribution in [1.29, 1.82) is 0 Å². The average molecular weight is 423 g/mol. The summed E-state index contributed by atoms with van der Waals surface area (Å²) >= 11 is 17.6. The van der Waals surface area contributed by atoms with E-state index in [-0.39, 0.29) is 0 Å². The molecule has 0 aliphatic carbocycles. The number of hydrogen-bond acceptors (Lipinski definition) is 1. The maximum atomic E-state index is 12.7. The van der Waals surface area contributed by atoms with E-state index in [9.17, 15) is 4.79 Å². The number of nitrogens with zero attached hydrogens (tertiary/aromatic N) is 1. The number of halogens is 3. The first kappa shape index (κ1) is 19.2. The van der Waals surface area contributed by atoms with E-state index in [1.807, 2.05) is 91.0 Å². The Bertz CT molecular complexity index is 836. The molecule has 3 rings (SSSR count). The van der Waals surface area contributed by atoms with Crippen molar-refractivity contribution >= 4 is 63.7 Å². The molecule has 3 aromatic rings. The minimum atomic E-state index is -2.68. The normalized spacial score (nSPS) is 11.8. The minimum absolute atomic E-state index is 0.771. The van der Waals surface area contributed by atoms with Gasteiger partial charge in [-0.25, -0.2) is 4.74 Å². The summed E-state index contributed by atoms with van der Waals surface area (Å²) < 4.78 is 2.46. The van der Waals surface area contributed by atoms with Crippen LogP contribution in [-0.2, 0) is 4.79 Å². The third-order valence-electron chi connectivity index (χ3n) is 3.87. The molecule has 0 unspecified atom stereocenters. The lowest BCUT2D eigenvalue weighted by atomic mass is 10.4. The number of carbonyl (C=O) groups is 1. The number of benzene rings is 3. The quantitative estimate of drug-likeness (QED) is 0.428. The molecule has 1 amide bonds. The van der Waals surface area contributed by atoms with E-state index in [0.717, 1.165) is 15.9 Å². The summed E-state index contributed by atoms with van der Waals surface area (Å²) in [5.41, 5.74) is 0. The molecule has 0 saturated carbocycles. The van der Waals surface area contributed by atoms with Gasteiger partial charge in [-0.15, -0.1) is 0 Å². The summed E-state index contributed by atoms with van der Waals surface area (Å²) in [7, 11) is -2.68.